The van der Waals surface area contributed by atoms with Gasteiger partial charge in [0.05, 0.1) is 16.8 Å². The summed E-state index contributed by atoms with van der Waals surface area (Å²) in [5.74, 6) is 0. The van der Waals surface area contributed by atoms with Crippen LogP contribution in [-0.4, -0.2) is 35.7 Å². The van der Waals surface area contributed by atoms with Gasteiger partial charge in [-0.2, -0.15) is 0 Å². The fourth-order valence-electron chi connectivity index (χ4n) is 4.13. The highest BCUT2D eigenvalue weighted by Crippen LogP contribution is 2.41. The molecule has 1 aromatic heterocycles. The van der Waals surface area contributed by atoms with Gasteiger partial charge in [0.15, 0.2) is 0 Å². The number of pyridine rings is 1. The van der Waals surface area contributed by atoms with Gasteiger partial charge in [0, 0.05) is 34.4 Å². The maximum atomic E-state index is 12.1. The average molecular weight is 541 g/mol. The molecule has 29 heavy (non-hydrogen) atoms. The molecule has 0 spiro atoms. The third-order valence-corrected chi connectivity index (χ3v) is 7.81. The number of aromatic nitrogens is 1. The molecule has 4 nitrogen and oxygen atoms in total. The monoisotopic (exact) mass is 538 g/mol. The van der Waals surface area contributed by atoms with Crippen LogP contribution in [0.1, 0.15) is 42.1 Å². The van der Waals surface area contributed by atoms with E-state index in [-0.39, 0.29) is 6.09 Å². The van der Waals surface area contributed by atoms with Gasteiger partial charge in [-0.25, -0.2) is 4.79 Å². The first-order valence-electron chi connectivity index (χ1n) is 9.75. The van der Waals surface area contributed by atoms with Gasteiger partial charge in [-0.15, -0.1) is 0 Å². The minimum atomic E-state index is -0.227. The zero-order chi connectivity index (χ0) is 20.5. The molecule has 0 saturated carbocycles. The number of rotatable bonds is 1. The first-order chi connectivity index (χ1) is 14.0. The number of nitrogens with zero attached hydrogens (tertiary/aromatic N) is 2. The second-order valence-corrected chi connectivity index (χ2v) is 9.30. The predicted molar refractivity (Wildman–Crippen MR) is 122 cm³/mol. The normalized spacial score (nSPS) is 16.2. The van der Waals surface area contributed by atoms with Crippen molar-refractivity contribution in [3.05, 3.63) is 66.3 Å². The van der Waals surface area contributed by atoms with Crippen molar-refractivity contribution in [3.8, 4) is 0 Å². The number of piperidine rings is 1. The van der Waals surface area contributed by atoms with E-state index in [1.807, 2.05) is 19.2 Å². The van der Waals surface area contributed by atoms with Crippen molar-refractivity contribution in [1.82, 2.24) is 9.88 Å². The van der Waals surface area contributed by atoms with Crippen molar-refractivity contribution in [2.45, 2.75) is 32.6 Å². The van der Waals surface area contributed by atoms with Crippen molar-refractivity contribution in [2.24, 2.45) is 0 Å². The molecule has 1 saturated heterocycles. The van der Waals surface area contributed by atoms with Gasteiger partial charge in [0.25, 0.3) is 0 Å². The molecule has 4 rings (SSSR count). The van der Waals surface area contributed by atoms with Crippen LogP contribution < -0.4 is 0 Å². The van der Waals surface area contributed by atoms with Gasteiger partial charge in [-0.1, -0.05) is 23.2 Å². The number of hydrogen-bond acceptors (Lipinski definition) is 3. The van der Waals surface area contributed by atoms with Crippen LogP contribution in [0, 0.1) is 0 Å². The molecule has 7 heteroatoms. The highest BCUT2D eigenvalue weighted by molar-refractivity contribution is 9.13. The lowest BCUT2D eigenvalue weighted by molar-refractivity contribution is 0.104. The number of fused-ring (bicyclic) bond motifs is 2. The summed E-state index contributed by atoms with van der Waals surface area (Å²) >= 11 is 13.7. The average Bonchev–Trinajstić information content (AvgIpc) is 2.88. The molecule has 2 aromatic rings. The first kappa shape index (κ1) is 20.9. The molecule has 0 bridgehead atoms. The van der Waals surface area contributed by atoms with E-state index in [9.17, 15) is 4.79 Å². The van der Waals surface area contributed by atoms with Crippen LogP contribution in [-0.2, 0) is 17.6 Å². The molecule has 1 amide bonds. The number of carbonyl (C=O) groups is 1. The summed E-state index contributed by atoms with van der Waals surface area (Å²) in [6.07, 6.45) is 5.05. The molecule has 1 aromatic carbocycles. The molecule has 0 radical (unpaired) electrons. The van der Waals surface area contributed by atoms with Crippen LogP contribution in [0.2, 0.25) is 5.02 Å². The number of carbonyl (C=O) groups excluding carboxylic acids is 1. The van der Waals surface area contributed by atoms with E-state index in [0.717, 1.165) is 45.3 Å². The highest BCUT2D eigenvalue weighted by Gasteiger charge is 2.28. The number of hydrogen-bond donors (Lipinski definition) is 0. The highest BCUT2D eigenvalue weighted by atomic mass is 79.9. The number of amides is 1. The van der Waals surface area contributed by atoms with Gasteiger partial charge < -0.3 is 9.64 Å². The minimum Gasteiger partial charge on any atom is -0.450 e. The third-order valence-electron chi connectivity index (χ3n) is 5.53. The number of aryl methyl sites for hydroxylation is 1. The Morgan fingerprint density at radius 2 is 1.97 bits per heavy atom. The molecule has 2 heterocycles. The van der Waals surface area contributed by atoms with Crippen LogP contribution in [0.5, 0.6) is 0 Å². The Morgan fingerprint density at radius 1 is 1.21 bits per heavy atom. The largest absolute Gasteiger partial charge is 0.450 e. The SMILES string of the molecule is CCOC(=O)N1CCC(=C2c3ccc(Cl)cc3CCc3c2ncc(Br)c3Br)CC1. The Morgan fingerprint density at radius 3 is 2.69 bits per heavy atom. The lowest BCUT2D eigenvalue weighted by atomic mass is 9.88. The van der Waals surface area contributed by atoms with E-state index in [1.165, 1.54) is 27.8 Å². The van der Waals surface area contributed by atoms with Crippen LogP contribution in [0.4, 0.5) is 4.79 Å². The van der Waals surface area contributed by atoms with E-state index < -0.39 is 0 Å². The summed E-state index contributed by atoms with van der Waals surface area (Å²) in [4.78, 5) is 18.7. The van der Waals surface area contributed by atoms with Gasteiger partial charge in [-0.05, 0) is 93.3 Å². The van der Waals surface area contributed by atoms with Gasteiger partial charge in [0.2, 0.25) is 0 Å². The van der Waals surface area contributed by atoms with E-state index in [0.29, 0.717) is 19.7 Å². The molecular formula is C22H21Br2ClN2O2. The topological polar surface area (TPSA) is 42.4 Å². The lowest BCUT2D eigenvalue weighted by Gasteiger charge is -2.29. The van der Waals surface area contributed by atoms with Crippen molar-refractivity contribution in [3.63, 3.8) is 0 Å². The second-order valence-electron chi connectivity index (χ2n) is 7.21. The van der Waals surface area contributed by atoms with Gasteiger partial charge in [-0.3, -0.25) is 4.98 Å². The molecule has 152 valence electrons. The van der Waals surface area contributed by atoms with Crippen molar-refractivity contribution in [1.29, 1.82) is 0 Å². The van der Waals surface area contributed by atoms with Gasteiger partial charge in [0.1, 0.15) is 0 Å². The Balaban J connectivity index is 1.81. The predicted octanol–water partition coefficient (Wildman–Crippen LogP) is 6.41. The van der Waals surface area contributed by atoms with Crippen molar-refractivity contribution in [2.75, 3.05) is 19.7 Å². The Labute approximate surface area is 192 Å². The first-order valence-corrected chi connectivity index (χ1v) is 11.7. The zero-order valence-corrected chi connectivity index (χ0v) is 20.0. The molecule has 1 aliphatic heterocycles. The maximum Gasteiger partial charge on any atom is 0.409 e. The van der Waals surface area contributed by atoms with Crippen LogP contribution in [0.25, 0.3) is 5.57 Å². The second kappa shape index (κ2) is 8.78. The zero-order valence-electron chi connectivity index (χ0n) is 16.1. The maximum absolute atomic E-state index is 12.1. The lowest BCUT2D eigenvalue weighted by Crippen LogP contribution is -2.37. The number of likely N-dealkylation sites (tertiary alicyclic amines) is 1. The molecule has 0 unspecified atom stereocenters. The summed E-state index contributed by atoms with van der Waals surface area (Å²) in [5.41, 5.74) is 7.21. The minimum absolute atomic E-state index is 0.227. The molecule has 0 N–H and O–H groups in total. The van der Waals surface area contributed by atoms with Crippen molar-refractivity contribution >= 4 is 55.1 Å². The quantitative estimate of drug-likeness (QED) is 0.420. The fraction of sp³-hybridized carbons (Fsp3) is 0.364. The summed E-state index contributed by atoms with van der Waals surface area (Å²) in [6.45, 7) is 3.56. The Bertz CT molecular complexity index is 997. The smallest absolute Gasteiger partial charge is 0.409 e. The van der Waals surface area contributed by atoms with E-state index in [1.54, 1.807) is 4.90 Å². The van der Waals surface area contributed by atoms with E-state index in [2.05, 4.69) is 44.0 Å². The summed E-state index contributed by atoms with van der Waals surface area (Å²) < 4.78 is 7.19. The van der Waals surface area contributed by atoms with Crippen molar-refractivity contribution < 1.29 is 9.53 Å². The van der Waals surface area contributed by atoms with Gasteiger partial charge >= 0.3 is 6.09 Å². The van der Waals surface area contributed by atoms with Crippen LogP contribution >= 0.6 is 43.5 Å². The van der Waals surface area contributed by atoms with E-state index >= 15 is 0 Å². The molecule has 0 atom stereocenters. The summed E-state index contributed by atoms with van der Waals surface area (Å²) in [6, 6.07) is 6.14. The molecule has 1 aliphatic carbocycles. The number of halogens is 3. The van der Waals surface area contributed by atoms with Crippen LogP contribution in [0.3, 0.4) is 0 Å². The summed E-state index contributed by atoms with van der Waals surface area (Å²) in [5, 5.41) is 0.754. The fourth-order valence-corrected chi connectivity index (χ4v) is 5.15. The molecule has 2 aliphatic rings. The standard InChI is InChI=1S/C22H21Br2ClN2O2/c1-2-29-22(28)27-9-7-13(8-10-27)19-16-6-4-15(25)11-14(16)3-5-17-20(24)18(23)12-26-21(17)19/h4,6,11-12H,2-3,5,7-10H2,1H3. The summed E-state index contributed by atoms with van der Waals surface area (Å²) in [7, 11) is 0. The Kier molecular flexibility index (Phi) is 6.32. The third kappa shape index (κ3) is 4.12. The van der Waals surface area contributed by atoms with E-state index in [4.69, 9.17) is 21.3 Å². The molecular weight excluding hydrogens is 520 g/mol. The number of benzene rings is 1. The Hall–Kier alpha value is -1.37. The van der Waals surface area contributed by atoms with Crippen LogP contribution in [0.15, 0.2) is 38.9 Å². The molecule has 1 fully saturated rings. The number of ether oxygens (including phenoxy) is 1.